The topological polar surface area (TPSA) is 80.1 Å². The van der Waals surface area contributed by atoms with Gasteiger partial charge in [0.15, 0.2) is 5.16 Å². The molecule has 2 aliphatic rings. The number of methoxy groups -OCH3 is 2. The molecule has 140 valence electrons. The molecule has 2 heterocycles. The summed E-state index contributed by atoms with van der Waals surface area (Å²) in [6, 6.07) is 8.31. The first-order valence-electron chi connectivity index (χ1n) is 9.05. The summed E-state index contributed by atoms with van der Waals surface area (Å²) in [5.74, 6) is 1.82. The first kappa shape index (κ1) is 18.1. The van der Waals surface area contributed by atoms with Crippen LogP contribution in [-0.4, -0.2) is 43.0 Å². The number of nitriles is 1. The SMILES string of the molecule is COc1ccc2c(c1)CC1(CCNCC1)c1c(OC)nc(SCC#N)nc1-2. The van der Waals surface area contributed by atoms with E-state index in [9.17, 15) is 0 Å². The molecule has 4 rings (SSSR count). The van der Waals surface area contributed by atoms with Crippen LogP contribution < -0.4 is 14.8 Å². The van der Waals surface area contributed by atoms with Gasteiger partial charge in [0.2, 0.25) is 5.88 Å². The second-order valence-electron chi connectivity index (χ2n) is 6.92. The minimum atomic E-state index is -0.0380. The van der Waals surface area contributed by atoms with Crippen molar-refractivity contribution in [1.82, 2.24) is 15.3 Å². The van der Waals surface area contributed by atoms with Crippen molar-refractivity contribution in [2.45, 2.75) is 29.8 Å². The zero-order valence-corrected chi connectivity index (χ0v) is 16.4. The van der Waals surface area contributed by atoms with Gasteiger partial charge in [-0.25, -0.2) is 4.98 Å². The fraction of sp³-hybridized carbons (Fsp3) is 0.450. The number of nitrogens with zero attached hydrogens (tertiary/aromatic N) is 3. The fourth-order valence-electron chi connectivity index (χ4n) is 4.26. The van der Waals surface area contributed by atoms with Crippen LogP contribution in [0.15, 0.2) is 23.4 Å². The Kier molecular flexibility index (Phi) is 4.94. The molecule has 0 bridgehead atoms. The molecule has 1 spiro atoms. The standard InChI is InChI=1S/C20H22N4O2S/c1-25-14-3-4-15-13(11-14)12-20(5-8-22-9-6-20)16-17(15)23-19(27-10-7-21)24-18(16)26-2/h3-4,11,22H,5-6,8-10,12H2,1-2H3. The van der Waals surface area contributed by atoms with Gasteiger partial charge in [0, 0.05) is 16.5 Å². The zero-order valence-electron chi connectivity index (χ0n) is 15.5. The van der Waals surface area contributed by atoms with E-state index in [0.29, 0.717) is 16.8 Å². The highest BCUT2D eigenvalue weighted by atomic mass is 32.2. The van der Waals surface area contributed by atoms with Crippen LogP contribution in [-0.2, 0) is 11.8 Å². The van der Waals surface area contributed by atoms with Crippen LogP contribution in [0, 0.1) is 11.3 Å². The molecule has 27 heavy (non-hydrogen) atoms. The summed E-state index contributed by atoms with van der Waals surface area (Å²) < 4.78 is 11.2. The van der Waals surface area contributed by atoms with Crippen molar-refractivity contribution in [2.24, 2.45) is 0 Å². The molecule has 1 aromatic carbocycles. The molecule has 1 saturated heterocycles. The lowest BCUT2D eigenvalue weighted by atomic mass is 9.64. The van der Waals surface area contributed by atoms with Gasteiger partial charge in [-0.15, -0.1) is 0 Å². The van der Waals surface area contributed by atoms with E-state index in [1.807, 2.05) is 6.07 Å². The first-order chi connectivity index (χ1) is 13.2. The monoisotopic (exact) mass is 382 g/mol. The minimum Gasteiger partial charge on any atom is -0.497 e. The van der Waals surface area contributed by atoms with E-state index < -0.39 is 0 Å². The average Bonchev–Trinajstić information content (AvgIpc) is 2.71. The molecule has 1 aromatic heterocycles. The molecule has 0 amide bonds. The molecule has 7 heteroatoms. The lowest BCUT2D eigenvalue weighted by Gasteiger charge is -2.42. The lowest BCUT2D eigenvalue weighted by molar-refractivity contribution is 0.282. The van der Waals surface area contributed by atoms with Crippen molar-refractivity contribution >= 4 is 11.8 Å². The van der Waals surface area contributed by atoms with Gasteiger partial charge in [0.05, 0.1) is 31.7 Å². The van der Waals surface area contributed by atoms with Crippen LogP contribution in [0.5, 0.6) is 11.6 Å². The molecule has 1 N–H and O–H groups in total. The van der Waals surface area contributed by atoms with Crippen LogP contribution in [0.1, 0.15) is 24.0 Å². The Bertz CT molecular complexity index is 904. The number of thioether (sulfide) groups is 1. The summed E-state index contributed by atoms with van der Waals surface area (Å²) in [6.07, 6.45) is 2.96. The molecular weight excluding hydrogens is 360 g/mol. The number of benzene rings is 1. The summed E-state index contributed by atoms with van der Waals surface area (Å²) >= 11 is 1.34. The maximum atomic E-state index is 8.93. The Morgan fingerprint density at radius 3 is 2.74 bits per heavy atom. The van der Waals surface area contributed by atoms with Crippen molar-refractivity contribution in [1.29, 1.82) is 5.26 Å². The minimum absolute atomic E-state index is 0.0380. The second-order valence-corrected chi connectivity index (χ2v) is 7.86. The van der Waals surface area contributed by atoms with Crippen molar-refractivity contribution in [2.75, 3.05) is 33.1 Å². The highest BCUT2D eigenvalue weighted by Gasteiger charge is 2.43. The van der Waals surface area contributed by atoms with Crippen LogP contribution in [0.2, 0.25) is 0 Å². The van der Waals surface area contributed by atoms with Gasteiger partial charge in [0.25, 0.3) is 0 Å². The number of ether oxygens (including phenoxy) is 2. The Hall–Kier alpha value is -2.30. The van der Waals surface area contributed by atoms with Crippen molar-refractivity contribution in [3.8, 4) is 29.0 Å². The summed E-state index contributed by atoms with van der Waals surface area (Å²) in [5.41, 5.74) is 4.37. The maximum Gasteiger partial charge on any atom is 0.221 e. The quantitative estimate of drug-likeness (QED) is 0.643. The van der Waals surface area contributed by atoms with Gasteiger partial charge in [-0.3, -0.25) is 0 Å². The van der Waals surface area contributed by atoms with E-state index >= 15 is 0 Å². The number of fused-ring (bicyclic) bond motifs is 4. The van der Waals surface area contributed by atoms with E-state index in [1.165, 1.54) is 17.3 Å². The number of rotatable bonds is 4. The van der Waals surface area contributed by atoms with Crippen molar-refractivity contribution in [3.05, 3.63) is 29.3 Å². The number of piperidine rings is 1. The third kappa shape index (κ3) is 3.13. The van der Waals surface area contributed by atoms with E-state index in [1.54, 1.807) is 14.2 Å². The molecule has 2 aromatic rings. The Labute approximate surface area is 163 Å². The molecule has 0 saturated carbocycles. The average molecular weight is 382 g/mol. The largest absolute Gasteiger partial charge is 0.497 e. The van der Waals surface area contributed by atoms with Crippen LogP contribution in [0.3, 0.4) is 0 Å². The molecule has 0 unspecified atom stereocenters. The second kappa shape index (κ2) is 7.37. The third-order valence-electron chi connectivity index (χ3n) is 5.50. The summed E-state index contributed by atoms with van der Waals surface area (Å²) in [4.78, 5) is 9.50. The van der Waals surface area contributed by atoms with Crippen molar-refractivity contribution < 1.29 is 9.47 Å². The number of hydrogen-bond donors (Lipinski definition) is 1. The van der Waals surface area contributed by atoms with E-state index in [0.717, 1.165) is 54.9 Å². The summed E-state index contributed by atoms with van der Waals surface area (Å²) in [7, 11) is 3.36. The van der Waals surface area contributed by atoms with Gasteiger partial charge in [-0.1, -0.05) is 11.8 Å². The molecule has 1 fully saturated rings. The Balaban J connectivity index is 1.94. The van der Waals surface area contributed by atoms with Gasteiger partial charge in [-0.2, -0.15) is 10.2 Å². The predicted octanol–water partition coefficient (Wildman–Crippen LogP) is 2.95. The number of hydrogen-bond acceptors (Lipinski definition) is 7. The van der Waals surface area contributed by atoms with Crippen LogP contribution in [0.4, 0.5) is 0 Å². The first-order valence-corrected chi connectivity index (χ1v) is 10.0. The summed E-state index contributed by atoms with van der Waals surface area (Å²) in [5, 5.41) is 13.0. The summed E-state index contributed by atoms with van der Waals surface area (Å²) in [6.45, 7) is 1.93. The predicted molar refractivity (Wildman–Crippen MR) is 104 cm³/mol. The van der Waals surface area contributed by atoms with Gasteiger partial charge < -0.3 is 14.8 Å². The van der Waals surface area contributed by atoms with E-state index in [2.05, 4.69) is 28.5 Å². The van der Waals surface area contributed by atoms with Gasteiger partial charge >= 0.3 is 0 Å². The highest BCUT2D eigenvalue weighted by Crippen LogP contribution is 2.51. The highest BCUT2D eigenvalue weighted by molar-refractivity contribution is 7.99. The van der Waals surface area contributed by atoms with E-state index in [4.69, 9.17) is 19.7 Å². The Morgan fingerprint density at radius 2 is 2.04 bits per heavy atom. The normalized spacial score (nSPS) is 16.9. The zero-order chi connectivity index (χ0) is 18.9. The number of nitrogens with one attached hydrogen (secondary N) is 1. The van der Waals surface area contributed by atoms with Gasteiger partial charge in [-0.05, 0) is 56.1 Å². The van der Waals surface area contributed by atoms with E-state index in [-0.39, 0.29) is 5.41 Å². The molecule has 1 aliphatic heterocycles. The molecule has 1 aliphatic carbocycles. The third-order valence-corrected chi connectivity index (χ3v) is 6.22. The van der Waals surface area contributed by atoms with Gasteiger partial charge in [0.1, 0.15) is 5.75 Å². The molecular formula is C20H22N4O2S. The molecule has 0 atom stereocenters. The Morgan fingerprint density at radius 1 is 1.22 bits per heavy atom. The van der Waals surface area contributed by atoms with Crippen molar-refractivity contribution in [3.63, 3.8) is 0 Å². The fourth-order valence-corrected chi connectivity index (χ4v) is 4.76. The smallest absolute Gasteiger partial charge is 0.221 e. The van der Waals surface area contributed by atoms with Crippen LogP contribution >= 0.6 is 11.8 Å². The lowest BCUT2D eigenvalue weighted by Crippen LogP contribution is -2.43. The molecule has 0 radical (unpaired) electrons. The van der Waals surface area contributed by atoms with Crippen LogP contribution in [0.25, 0.3) is 11.3 Å². The number of aromatic nitrogens is 2. The molecule has 6 nitrogen and oxygen atoms in total. The maximum absolute atomic E-state index is 8.93.